The molecule has 0 aliphatic heterocycles. The van der Waals surface area contributed by atoms with Crippen LogP contribution in [0.3, 0.4) is 0 Å². The molecular weight excluding hydrogens is 282 g/mol. The summed E-state index contributed by atoms with van der Waals surface area (Å²) in [6.07, 6.45) is 0. The second kappa shape index (κ2) is 5.66. The molecule has 2 aromatic carbocycles. The second-order valence-electron chi connectivity index (χ2n) is 4.24. The van der Waals surface area contributed by atoms with E-state index in [1.165, 1.54) is 7.05 Å². The number of hydrogen-bond acceptors (Lipinski definition) is 3. The second-order valence-corrected chi connectivity index (χ2v) is 4.24. The summed E-state index contributed by atoms with van der Waals surface area (Å²) in [7, 11) is 1.40. The third-order valence-electron chi connectivity index (χ3n) is 2.91. The molecule has 5 nitrogen and oxygen atoms in total. The maximum atomic E-state index is 13.8. The number of anilines is 1. The van der Waals surface area contributed by atoms with Crippen molar-refractivity contribution in [1.29, 1.82) is 0 Å². The highest BCUT2D eigenvalue weighted by Crippen LogP contribution is 2.23. The van der Waals surface area contributed by atoms with Crippen molar-refractivity contribution < 1.29 is 18.5 Å². The lowest BCUT2D eigenvalue weighted by atomic mass is 10.1. The van der Waals surface area contributed by atoms with Crippen LogP contribution in [0.25, 0.3) is 0 Å². The average molecular weight is 292 g/mol. The van der Waals surface area contributed by atoms with Gasteiger partial charge in [-0.2, -0.15) is 4.39 Å². The zero-order valence-electron chi connectivity index (χ0n) is 10.9. The van der Waals surface area contributed by atoms with Gasteiger partial charge in [0.1, 0.15) is 5.82 Å². The Morgan fingerprint density at radius 3 is 2.33 bits per heavy atom. The third kappa shape index (κ3) is 2.86. The zero-order valence-corrected chi connectivity index (χ0v) is 10.9. The van der Waals surface area contributed by atoms with E-state index in [0.717, 1.165) is 4.90 Å². The first-order valence-corrected chi connectivity index (χ1v) is 5.88. The molecule has 0 radical (unpaired) electrons. The summed E-state index contributed by atoms with van der Waals surface area (Å²) < 4.78 is 27.3. The summed E-state index contributed by atoms with van der Waals surface area (Å²) >= 11 is 0. The minimum Gasteiger partial charge on any atom is -0.311 e. The fourth-order valence-corrected chi connectivity index (χ4v) is 1.79. The topological polar surface area (TPSA) is 63.5 Å². The molecule has 0 aliphatic rings. The average Bonchev–Trinajstić information content (AvgIpc) is 2.48. The number of benzene rings is 2. The molecule has 0 saturated carbocycles. The molecule has 1 amide bonds. The first-order valence-electron chi connectivity index (χ1n) is 5.88. The zero-order chi connectivity index (χ0) is 15.6. The quantitative estimate of drug-likeness (QED) is 0.645. The molecule has 0 N–H and O–H groups in total. The number of carbonyl (C=O) groups is 1. The molecule has 21 heavy (non-hydrogen) atoms. The van der Waals surface area contributed by atoms with Crippen LogP contribution < -0.4 is 4.90 Å². The Morgan fingerprint density at radius 1 is 1.14 bits per heavy atom. The minimum atomic E-state index is -1.26. The van der Waals surface area contributed by atoms with Gasteiger partial charge in [0.15, 0.2) is 0 Å². The highest BCUT2D eigenvalue weighted by molar-refractivity contribution is 6.06. The number of rotatable bonds is 3. The number of nitrogens with zero attached hydrogens (tertiary/aromatic N) is 2. The molecule has 0 saturated heterocycles. The van der Waals surface area contributed by atoms with Gasteiger partial charge in [-0.3, -0.25) is 14.9 Å². The predicted octanol–water partition coefficient (Wildman–Crippen LogP) is 3.15. The summed E-state index contributed by atoms with van der Waals surface area (Å²) in [6.45, 7) is 0. The molecule has 7 heteroatoms. The van der Waals surface area contributed by atoms with E-state index in [1.807, 2.05) is 0 Å². The maximum absolute atomic E-state index is 13.8. The molecule has 0 bridgehead atoms. The molecule has 0 unspecified atom stereocenters. The van der Waals surface area contributed by atoms with Crippen molar-refractivity contribution in [2.24, 2.45) is 0 Å². The van der Waals surface area contributed by atoms with Gasteiger partial charge < -0.3 is 4.90 Å². The predicted molar refractivity (Wildman–Crippen MR) is 72.2 cm³/mol. The molecular formula is C14H10F2N2O3. The van der Waals surface area contributed by atoms with Gasteiger partial charge in [0.2, 0.25) is 5.82 Å². The molecule has 2 aromatic rings. The number of halogens is 2. The van der Waals surface area contributed by atoms with Crippen molar-refractivity contribution in [2.75, 3.05) is 11.9 Å². The normalized spacial score (nSPS) is 10.2. The highest BCUT2D eigenvalue weighted by atomic mass is 19.1. The van der Waals surface area contributed by atoms with E-state index in [9.17, 15) is 23.7 Å². The van der Waals surface area contributed by atoms with Crippen molar-refractivity contribution in [3.8, 4) is 0 Å². The van der Waals surface area contributed by atoms with Crippen LogP contribution >= 0.6 is 0 Å². The summed E-state index contributed by atoms with van der Waals surface area (Å²) in [4.78, 5) is 22.7. The fraction of sp³-hybridized carbons (Fsp3) is 0.0714. The monoisotopic (exact) mass is 292 g/mol. The summed E-state index contributed by atoms with van der Waals surface area (Å²) in [6, 6.07) is 9.30. The number of para-hydroxylation sites is 1. The van der Waals surface area contributed by atoms with Crippen LogP contribution in [0.4, 0.5) is 20.2 Å². The van der Waals surface area contributed by atoms with E-state index >= 15 is 0 Å². The Bertz CT molecular complexity index is 705. The lowest BCUT2D eigenvalue weighted by Gasteiger charge is -2.17. The van der Waals surface area contributed by atoms with Crippen LogP contribution in [0.5, 0.6) is 0 Å². The molecule has 0 heterocycles. The Kier molecular flexibility index (Phi) is 3.93. The van der Waals surface area contributed by atoms with Gasteiger partial charge in [-0.1, -0.05) is 18.2 Å². The summed E-state index contributed by atoms with van der Waals surface area (Å²) in [5, 5.41) is 10.5. The van der Waals surface area contributed by atoms with E-state index in [4.69, 9.17) is 0 Å². The first-order chi connectivity index (χ1) is 9.91. The number of nitro groups is 1. The fourth-order valence-electron chi connectivity index (χ4n) is 1.79. The Hall–Kier alpha value is -2.83. The standard InChI is InChI=1S/C14H10F2N2O3/c1-17(9-5-3-2-4-6-9)14(19)10-7-12(16)13(18(20)21)8-11(10)15/h2-8H,1H3. The molecule has 0 aromatic heterocycles. The number of carbonyl (C=O) groups excluding carboxylic acids is 1. The van der Waals surface area contributed by atoms with Crippen LogP contribution in [0.15, 0.2) is 42.5 Å². The molecule has 2 rings (SSSR count). The van der Waals surface area contributed by atoms with Gasteiger partial charge in [0, 0.05) is 12.7 Å². The van der Waals surface area contributed by atoms with E-state index < -0.39 is 33.7 Å². The molecule has 0 spiro atoms. The first kappa shape index (κ1) is 14.6. The van der Waals surface area contributed by atoms with Crippen molar-refractivity contribution in [3.63, 3.8) is 0 Å². The smallest absolute Gasteiger partial charge is 0.307 e. The van der Waals surface area contributed by atoms with Crippen molar-refractivity contribution >= 4 is 17.3 Å². The number of hydrogen-bond donors (Lipinski definition) is 0. The van der Waals surface area contributed by atoms with E-state index in [-0.39, 0.29) is 0 Å². The van der Waals surface area contributed by atoms with Gasteiger partial charge in [0.25, 0.3) is 5.91 Å². The van der Waals surface area contributed by atoms with E-state index in [0.29, 0.717) is 17.8 Å². The van der Waals surface area contributed by atoms with Gasteiger partial charge >= 0.3 is 5.69 Å². The van der Waals surface area contributed by atoms with Crippen molar-refractivity contribution in [1.82, 2.24) is 0 Å². The lowest BCUT2D eigenvalue weighted by molar-refractivity contribution is -0.387. The Labute approximate surface area is 118 Å². The Balaban J connectivity index is 2.40. The maximum Gasteiger partial charge on any atom is 0.307 e. The molecule has 0 atom stereocenters. The third-order valence-corrected chi connectivity index (χ3v) is 2.91. The van der Waals surface area contributed by atoms with Crippen LogP contribution in [0.1, 0.15) is 10.4 Å². The Morgan fingerprint density at radius 2 is 1.76 bits per heavy atom. The number of amides is 1. The molecule has 0 aliphatic carbocycles. The summed E-state index contributed by atoms with van der Waals surface area (Å²) in [5.41, 5.74) is -1.09. The van der Waals surface area contributed by atoms with Crippen LogP contribution in [0, 0.1) is 21.7 Å². The van der Waals surface area contributed by atoms with Gasteiger partial charge in [-0.05, 0) is 18.2 Å². The minimum absolute atomic E-state index is 0.404. The molecule has 0 fully saturated rings. The van der Waals surface area contributed by atoms with Crippen LogP contribution in [-0.2, 0) is 0 Å². The van der Waals surface area contributed by atoms with Gasteiger partial charge in [-0.15, -0.1) is 0 Å². The van der Waals surface area contributed by atoms with E-state index in [2.05, 4.69) is 0 Å². The van der Waals surface area contributed by atoms with Crippen molar-refractivity contribution in [3.05, 3.63) is 69.8 Å². The van der Waals surface area contributed by atoms with Crippen molar-refractivity contribution in [2.45, 2.75) is 0 Å². The van der Waals surface area contributed by atoms with Gasteiger partial charge in [-0.25, -0.2) is 4.39 Å². The van der Waals surface area contributed by atoms with Crippen LogP contribution in [0.2, 0.25) is 0 Å². The largest absolute Gasteiger partial charge is 0.311 e. The highest BCUT2D eigenvalue weighted by Gasteiger charge is 2.24. The summed E-state index contributed by atoms with van der Waals surface area (Å²) in [5.74, 6) is -3.20. The van der Waals surface area contributed by atoms with Crippen LogP contribution in [-0.4, -0.2) is 17.9 Å². The lowest BCUT2D eigenvalue weighted by Crippen LogP contribution is -2.27. The molecule has 108 valence electrons. The number of nitro benzene ring substituents is 1. The van der Waals surface area contributed by atoms with Gasteiger partial charge in [0.05, 0.1) is 16.6 Å². The van der Waals surface area contributed by atoms with E-state index in [1.54, 1.807) is 30.3 Å². The SMILES string of the molecule is CN(C(=O)c1cc(F)c([N+](=O)[O-])cc1F)c1ccccc1.